The molecular formula is C56H105ClIN3O4Sn. The first kappa shape index (κ1) is 58.9. The van der Waals surface area contributed by atoms with Crippen molar-refractivity contribution in [1.29, 1.82) is 0 Å². The maximum absolute atomic E-state index is 12.2. The maximum Gasteiger partial charge on any atom is 0.0162 e. The summed E-state index contributed by atoms with van der Waals surface area (Å²) in [5, 5.41) is 6.54. The molecule has 4 N–H and O–H groups in total. The number of amides is 2. The molecule has 12 fully saturated rings. The van der Waals surface area contributed by atoms with E-state index in [2.05, 4.69) is 54.0 Å². The van der Waals surface area contributed by atoms with Gasteiger partial charge in [-0.25, -0.2) is 9.59 Å². The quantitative estimate of drug-likeness (QED) is 0.109. The van der Waals surface area contributed by atoms with Gasteiger partial charge in [-0.2, -0.15) is 0 Å². The summed E-state index contributed by atoms with van der Waals surface area (Å²) < 4.78 is 16.8. The van der Waals surface area contributed by atoms with E-state index in [1.54, 1.807) is 13.3 Å². The van der Waals surface area contributed by atoms with E-state index in [-0.39, 0.29) is 48.6 Å². The number of hydrogen-bond donors (Lipinski definition) is 3. The fourth-order valence-corrected chi connectivity index (χ4v) is 28.0. The molecule has 66 heavy (non-hydrogen) atoms. The molecule has 12 rings (SSSR count). The van der Waals surface area contributed by atoms with Crippen LogP contribution in [-0.4, -0.2) is 63.7 Å². The fraction of sp³-hybridized carbons (Fsp3) is 0.964. The van der Waals surface area contributed by atoms with Gasteiger partial charge in [0, 0.05) is 20.5 Å². The molecule has 12 saturated carbocycles. The standard InChI is InChI=1S/C16H26INO2.C16H27NO2.C11H19N.3C4H9.CH4.ClH.Sn.H/c1-15(2,3)20-14(19)18-16-7-10-4-11(8-16)6-13(17)12(5-10)9-16;1-15(2,3)19-14(18)17-16-8-11-4-5-12(9-16)7-13(6-11)10-16;12-11-5-8-1-2-9(6-11)4-10(3-8)7-11;3*1-3-4-2;;;;/h10-13H,4-9H2,1-3H3,(H,18,19);11-13H,4-10H2,1-3H3,(H,17,18);8-10H,1-7,12H2;3*1,3-4H2,2H3;1H4;1H;;. The van der Waals surface area contributed by atoms with Gasteiger partial charge in [0.1, 0.15) is 11.2 Å². The normalized spacial score (nSPS) is 37.5. The topological polar surface area (TPSA) is 103 Å². The van der Waals surface area contributed by atoms with Crippen LogP contribution in [0.5, 0.6) is 0 Å². The first-order chi connectivity index (χ1) is 30.2. The molecule has 0 aromatic heterocycles. The van der Waals surface area contributed by atoms with Crippen molar-refractivity contribution in [3.8, 4) is 0 Å². The molecule has 0 saturated heterocycles. The van der Waals surface area contributed by atoms with Crippen molar-refractivity contribution in [3.05, 3.63) is 0 Å². The number of halogens is 2. The zero-order valence-corrected chi connectivity index (χ0v) is 49.6. The second-order valence-electron chi connectivity index (χ2n) is 26.3. The second-order valence-corrected chi connectivity index (χ2v) is 37.8. The number of nitrogens with two attached hydrogens (primary N) is 1. The molecule has 0 radical (unpaired) electrons. The van der Waals surface area contributed by atoms with E-state index >= 15 is 0 Å². The molecule has 0 spiro atoms. The minimum atomic E-state index is -0.967. The van der Waals surface area contributed by atoms with Gasteiger partial charge in [0.25, 0.3) is 0 Å². The molecule has 0 aromatic carbocycles. The summed E-state index contributed by atoms with van der Waals surface area (Å²) in [4.78, 5) is 24.3. The molecule has 12 aliphatic rings. The summed E-state index contributed by atoms with van der Waals surface area (Å²) in [7, 11) is 0. The Morgan fingerprint density at radius 3 is 1.26 bits per heavy atom. The first-order valence-electron chi connectivity index (χ1n) is 27.6. The Hall–Kier alpha value is 0.319. The number of nitrogens with one attached hydrogen (secondary N) is 2. The van der Waals surface area contributed by atoms with Crippen molar-refractivity contribution in [2.75, 3.05) is 0 Å². The Bertz CT molecular complexity index is 1440. The van der Waals surface area contributed by atoms with Crippen molar-refractivity contribution in [2.24, 2.45) is 59.0 Å². The predicted molar refractivity (Wildman–Crippen MR) is 293 cm³/mol. The van der Waals surface area contributed by atoms with Crippen LogP contribution in [0, 0.1) is 53.3 Å². The van der Waals surface area contributed by atoms with Gasteiger partial charge in [0.05, 0.1) is 0 Å². The van der Waals surface area contributed by atoms with Gasteiger partial charge in [-0.15, -0.1) is 12.4 Å². The van der Waals surface area contributed by atoms with Crippen LogP contribution in [0.1, 0.15) is 237 Å². The Kier molecular flexibility index (Phi) is 23.0. The molecule has 0 aliphatic heterocycles. The van der Waals surface area contributed by atoms with Gasteiger partial charge in [0.2, 0.25) is 0 Å². The van der Waals surface area contributed by atoms with E-state index in [1.165, 1.54) is 161 Å². The van der Waals surface area contributed by atoms with Crippen molar-refractivity contribution < 1.29 is 19.1 Å². The van der Waals surface area contributed by atoms with Gasteiger partial charge in [-0.3, -0.25) is 0 Å². The molecule has 2 amide bonds. The zero-order chi connectivity index (χ0) is 46.3. The molecule has 9 unspecified atom stereocenters. The van der Waals surface area contributed by atoms with Crippen LogP contribution >= 0.6 is 35.0 Å². The minimum absolute atomic E-state index is 0. The van der Waals surface area contributed by atoms with Crippen LogP contribution in [0.15, 0.2) is 0 Å². The van der Waals surface area contributed by atoms with Gasteiger partial charge in [-0.05, 0) is 198 Å². The van der Waals surface area contributed by atoms with Crippen LogP contribution in [-0.2, 0) is 9.47 Å². The van der Waals surface area contributed by atoms with Crippen LogP contribution in [0.4, 0.5) is 9.59 Å². The average molecular weight is 1170 g/mol. The molecule has 12 bridgehead atoms. The molecule has 7 nitrogen and oxygen atoms in total. The van der Waals surface area contributed by atoms with Crippen LogP contribution in [0.25, 0.3) is 0 Å². The van der Waals surface area contributed by atoms with E-state index < -0.39 is 31.0 Å². The molecule has 10 heteroatoms. The van der Waals surface area contributed by atoms with Crippen molar-refractivity contribution in [3.63, 3.8) is 0 Å². The minimum Gasteiger partial charge on any atom is -0.325 e. The molecule has 9 atom stereocenters. The number of carbonyl (C=O) groups is 2. The van der Waals surface area contributed by atoms with Crippen molar-refractivity contribution in [1.82, 2.24) is 10.6 Å². The summed E-state index contributed by atoms with van der Waals surface area (Å²) in [6, 6.07) is 0. The Labute approximate surface area is 434 Å². The summed E-state index contributed by atoms with van der Waals surface area (Å²) in [6.45, 7) is 18.6. The number of ether oxygens (including phenoxy) is 2. The van der Waals surface area contributed by atoms with E-state index in [1.807, 2.05) is 41.5 Å². The molecular weight excluding hydrogens is 1060 g/mol. The zero-order valence-electron chi connectivity index (χ0n) is 43.4. The van der Waals surface area contributed by atoms with Crippen LogP contribution < -0.4 is 16.4 Å². The first-order valence-corrected chi connectivity index (χ1v) is 35.9. The van der Waals surface area contributed by atoms with Crippen molar-refractivity contribution in [2.45, 2.75) is 282 Å². The van der Waals surface area contributed by atoms with E-state index in [0.717, 1.165) is 63.6 Å². The predicted octanol–water partition coefficient (Wildman–Crippen LogP) is 16.1. The van der Waals surface area contributed by atoms with Crippen LogP contribution in [0.2, 0.25) is 13.3 Å². The van der Waals surface area contributed by atoms with Gasteiger partial charge in [-0.1, -0.05) is 55.7 Å². The van der Waals surface area contributed by atoms with Gasteiger partial charge in [0.15, 0.2) is 0 Å². The number of fused-ring (bicyclic) bond motifs is 3. The summed E-state index contributed by atoms with van der Waals surface area (Å²) in [5.41, 5.74) is 5.97. The Morgan fingerprint density at radius 2 is 0.864 bits per heavy atom. The number of hydrogen-bond acceptors (Lipinski definition) is 5. The maximum atomic E-state index is 12.2. The third-order valence-electron chi connectivity index (χ3n) is 17.6. The monoisotopic (exact) mass is 1170 g/mol. The van der Waals surface area contributed by atoms with E-state index in [9.17, 15) is 9.59 Å². The molecule has 0 aromatic rings. The number of alkyl halides is 1. The summed E-state index contributed by atoms with van der Waals surface area (Å²) in [6.07, 6.45) is 35.2. The van der Waals surface area contributed by atoms with Gasteiger partial charge < -0.3 is 25.8 Å². The number of alkyl carbamates (subject to hydrolysis) is 2. The third-order valence-corrected chi connectivity index (χ3v) is 29.6. The Morgan fingerprint density at radius 1 is 0.545 bits per heavy atom. The number of rotatable bonds is 11. The summed E-state index contributed by atoms with van der Waals surface area (Å²) >= 11 is 1.68. The molecule has 386 valence electrons. The summed E-state index contributed by atoms with van der Waals surface area (Å²) in [5.74, 6) is 7.94. The number of unbranched alkanes of at least 4 members (excludes halogenated alkanes) is 3. The molecule has 12 aliphatic carbocycles. The average Bonchev–Trinajstić information content (AvgIpc) is 3.58. The van der Waals surface area contributed by atoms with Crippen LogP contribution in [0.3, 0.4) is 0 Å². The fourth-order valence-electron chi connectivity index (χ4n) is 15.9. The molecule has 0 heterocycles. The second kappa shape index (κ2) is 25.8. The van der Waals surface area contributed by atoms with E-state index in [4.69, 9.17) is 15.2 Å². The SMILES string of the molecule is C.CC(C)(C)OC(=O)NC12CC3CC(CC(C1)C(I)C3)C2.CC(C)(C)OC(=O)NC12CC3CCC(CC(C3)C1)C2.CCC[CH2][SnH]([CH2]CCC)[CH2]CCC.Cl.NC12CC3CCC(CC(C3)C1)C2. The van der Waals surface area contributed by atoms with E-state index in [0.29, 0.717) is 0 Å². The van der Waals surface area contributed by atoms with Crippen molar-refractivity contribution >= 4 is 66.9 Å². The Balaban J connectivity index is 0.000000195. The number of carbonyl (C=O) groups excluding carboxylic acids is 2. The largest absolute Gasteiger partial charge is 0.325 e. The third kappa shape index (κ3) is 18.1. The van der Waals surface area contributed by atoms with Gasteiger partial charge >= 0.3 is 105 Å². The smallest absolute Gasteiger partial charge is 0.0162 e.